The van der Waals surface area contributed by atoms with Crippen molar-refractivity contribution in [1.82, 2.24) is 0 Å². The predicted molar refractivity (Wildman–Crippen MR) is 47.0 cm³/mol. The first-order valence-corrected chi connectivity index (χ1v) is 4.14. The smallest absolute Gasteiger partial charge is 0.311 e. The molecule has 0 aliphatic carbocycles. The molecule has 0 unspecified atom stereocenters. The van der Waals surface area contributed by atoms with Crippen molar-refractivity contribution in [3.63, 3.8) is 0 Å². The largest absolute Gasteiger partial charge is 0.462 e. The molecule has 0 fully saturated rings. The third-order valence-corrected chi connectivity index (χ3v) is 1.23. The summed E-state index contributed by atoms with van der Waals surface area (Å²) in [5.74, 6) is -0.661. The van der Waals surface area contributed by atoms with Crippen molar-refractivity contribution in [2.45, 2.75) is 27.7 Å². The summed E-state index contributed by atoms with van der Waals surface area (Å²) < 4.78 is 9.43. The Labute approximate surface area is 78.2 Å². The lowest BCUT2D eigenvalue weighted by Gasteiger charge is -2.16. The summed E-state index contributed by atoms with van der Waals surface area (Å²) in [5.41, 5.74) is -0.504. The van der Waals surface area contributed by atoms with Crippen LogP contribution < -0.4 is 0 Å². The molecule has 0 aromatic rings. The van der Waals surface area contributed by atoms with Gasteiger partial charge >= 0.3 is 11.9 Å². The van der Waals surface area contributed by atoms with E-state index >= 15 is 0 Å². The van der Waals surface area contributed by atoms with Gasteiger partial charge in [0.1, 0.15) is 13.2 Å². The quantitative estimate of drug-likeness (QED) is 0.492. The Balaban J connectivity index is 3.55. The maximum Gasteiger partial charge on any atom is 0.311 e. The van der Waals surface area contributed by atoms with Crippen molar-refractivity contribution in [3.8, 4) is 0 Å². The molecule has 0 heterocycles. The van der Waals surface area contributed by atoms with Gasteiger partial charge in [-0.25, -0.2) is 0 Å². The molecular weight excluding hydrogens is 172 g/mol. The highest BCUT2D eigenvalue weighted by molar-refractivity contribution is 5.75. The molecule has 76 valence electrons. The van der Waals surface area contributed by atoms with Crippen molar-refractivity contribution < 1.29 is 19.1 Å². The van der Waals surface area contributed by atoms with Crippen LogP contribution in [0.25, 0.3) is 0 Å². The topological polar surface area (TPSA) is 52.6 Å². The Morgan fingerprint density at radius 2 is 1.54 bits per heavy atom. The first kappa shape index (κ1) is 11.9. The van der Waals surface area contributed by atoms with Gasteiger partial charge in [-0.1, -0.05) is 0 Å². The van der Waals surface area contributed by atoms with E-state index in [2.05, 4.69) is 4.74 Å². The molecule has 0 bridgehead atoms. The van der Waals surface area contributed by atoms with Crippen LogP contribution >= 0.6 is 0 Å². The molecule has 0 aromatic carbocycles. The van der Waals surface area contributed by atoms with Gasteiger partial charge < -0.3 is 9.47 Å². The van der Waals surface area contributed by atoms with E-state index in [0.29, 0.717) is 0 Å². The molecule has 0 spiro atoms. The molecule has 0 rings (SSSR count). The van der Waals surface area contributed by atoms with Gasteiger partial charge in [0.05, 0.1) is 5.41 Å². The highest BCUT2D eigenvalue weighted by Crippen LogP contribution is 2.14. The van der Waals surface area contributed by atoms with Crippen LogP contribution in [0.4, 0.5) is 0 Å². The Morgan fingerprint density at radius 3 is 1.92 bits per heavy atom. The zero-order valence-corrected chi connectivity index (χ0v) is 8.55. The van der Waals surface area contributed by atoms with E-state index in [0.717, 1.165) is 0 Å². The maximum absolute atomic E-state index is 11.1. The fraction of sp³-hybridized carbons (Fsp3) is 0.778. The van der Waals surface area contributed by atoms with Crippen LogP contribution in [0.15, 0.2) is 0 Å². The summed E-state index contributed by atoms with van der Waals surface area (Å²) in [5, 5.41) is 0. The average molecular weight is 188 g/mol. The summed E-state index contributed by atoms with van der Waals surface area (Å²) in [7, 11) is 0. The normalized spacial score (nSPS) is 10.8. The average Bonchev–Trinajstić information content (AvgIpc) is 1.95. The van der Waals surface area contributed by atoms with Crippen LogP contribution in [0.2, 0.25) is 0 Å². The van der Waals surface area contributed by atoms with Crippen LogP contribution in [-0.2, 0) is 19.1 Å². The second-order valence-corrected chi connectivity index (χ2v) is 3.73. The molecule has 0 N–H and O–H groups in total. The molecule has 4 nitrogen and oxygen atoms in total. The first-order chi connectivity index (χ1) is 5.84. The van der Waals surface area contributed by atoms with Crippen molar-refractivity contribution in [1.29, 1.82) is 0 Å². The van der Waals surface area contributed by atoms with Gasteiger partial charge in [0.2, 0.25) is 0 Å². The Bertz CT molecular complexity index is 190. The standard InChI is InChI=1S/C9H16O4/c1-7(10)12-5-6-13-8(11)9(2,3)4/h5-6H2,1-4H3. The van der Waals surface area contributed by atoms with E-state index in [1.165, 1.54) is 6.92 Å². The van der Waals surface area contributed by atoms with Gasteiger partial charge in [-0.05, 0) is 20.8 Å². The van der Waals surface area contributed by atoms with Crippen molar-refractivity contribution in [2.75, 3.05) is 13.2 Å². The lowest BCUT2D eigenvalue weighted by molar-refractivity contribution is -0.157. The zero-order chi connectivity index (χ0) is 10.5. The van der Waals surface area contributed by atoms with Crippen molar-refractivity contribution >= 4 is 11.9 Å². The Hall–Kier alpha value is -1.06. The molecule has 4 heteroatoms. The monoisotopic (exact) mass is 188 g/mol. The molecule has 0 aromatic heterocycles. The Morgan fingerprint density at radius 1 is 1.08 bits per heavy atom. The van der Waals surface area contributed by atoms with Gasteiger partial charge in [-0.3, -0.25) is 9.59 Å². The summed E-state index contributed by atoms with van der Waals surface area (Å²) in [4.78, 5) is 21.5. The lowest BCUT2D eigenvalue weighted by atomic mass is 9.97. The van der Waals surface area contributed by atoms with E-state index in [1.54, 1.807) is 20.8 Å². The van der Waals surface area contributed by atoms with Crippen LogP contribution in [0.3, 0.4) is 0 Å². The minimum Gasteiger partial charge on any atom is -0.462 e. The van der Waals surface area contributed by atoms with E-state index < -0.39 is 5.41 Å². The van der Waals surface area contributed by atoms with E-state index in [9.17, 15) is 9.59 Å². The number of hydrogen-bond donors (Lipinski definition) is 0. The summed E-state index contributed by atoms with van der Waals surface area (Å²) in [6, 6.07) is 0. The molecule has 0 atom stereocenters. The minimum absolute atomic E-state index is 0.121. The van der Waals surface area contributed by atoms with E-state index in [-0.39, 0.29) is 25.2 Å². The third kappa shape index (κ3) is 6.13. The van der Waals surface area contributed by atoms with E-state index in [1.807, 2.05) is 0 Å². The summed E-state index contributed by atoms with van der Waals surface area (Å²) in [6.45, 7) is 6.85. The lowest BCUT2D eigenvalue weighted by Crippen LogP contribution is -2.24. The minimum atomic E-state index is -0.504. The molecule has 0 aliphatic heterocycles. The predicted octanol–water partition coefficient (Wildman–Crippen LogP) is 1.14. The van der Waals surface area contributed by atoms with Crippen molar-refractivity contribution in [2.24, 2.45) is 5.41 Å². The number of esters is 2. The second kappa shape index (κ2) is 4.84. The number of rotatable bonds is 3. The summed E-state index contributed by atoms with van der Waals surface area (Å²) >= 11 is 0. The molecule has 0 amide bonds. The van der Waals surface area contributed by atoms with Gasteiger partial charge in [-0.15, -0.1) is 0 Å². The van der Waals surface area contributed by atoms with Gasteiger partial charge in [0.15, 0.2) is 0 Å². The number of carbonyl (C=O) groups is 2. The van der Waals surface area contributed by atoms with Crippen LogP contribution in [-0.4, -0.2) is 25.2 Å². The fourth-order valence-corrected chi connectivity index (χ4v) is 0.536. The highest BCUT2D eigenvalue weighted by Gasteiger charge is 2.22. The molecule has 0 saturated carbocycles. The number of carbonyl (C=O) groups excluding carboxylic acids is 2. The fourth-order valence-electron chi connectivity index (χ4n) is 0.536. The third-order valence-electron chi connectivity index (χ3n) is 1.23. The molecule has 13 heavy (non-hydrogen) atoms. The van der Waals surface area contributed by atoms with Gasteiger partial charge in [-0.2, -0.15) is 0 Å². The molecule has 0 radical (unpaired) electrons. The van der Waals surface area contributed by atoms with Gasteiger partial charge in [0, 0.05) is 6.92 Å². The van der Waals surface area contributed by atoms with Crippen molar-refractivity contribution in [3.05, 3.63) is 0 Å². The van der Waals surface area contributed by atoms with Gasteiger partial charge in [0.25, 0.3) is 0 Å². The van der Waals surface area contributed by atoms with E-state index in [4.69, 9.17) is 4.74 Å². The highest BCUT2D eigenvalue weighted by atomic mass is 16.6. The molecule has 0 saturated heterocycles. The van der Waals surface area contributed by atoms with Crippen LogP contribution in [0, 0.1) is 5.41 Å². The SMILES string of the molecule is CC(=O)OCCOC(=O)C(C)(C)C. The summed E-state index contributed by atoms with van der Waals surface area (Å²) in [6.07, 6.45) is 0. The first-order valence-electron chi connectivity index (χ1n) is 4.14. The van der Waals surface area contributed by atoms with Crippen LogP contribution in [0.5, 0.6) is 0 Å². The maximum atomic E-state index is 11.1. The zero-order valence-electron chi connectivity index (χ0n) is 8.55. The number of hydrogen-bond acceptors (Lipinski definition) is 4. The second-order valence-electron chi connectivity index (χ2n) is 3.73. The van der Waals surface area contributed by atoms with Crippen LogP contribution in [0.1, 0.15) is 27.7 Å². The number of ether oxygens (including phenoxy) is 2. The molecule has 0 aliphatic rings. The Kier molecular flexibility index (Phi) is 4.45. The molecular formula is C9H16O4.